The Balaban J connectivity index is 0. The average Bonchev–Trinajstić information content (AvgIpc) is 2.42. The van der Waals surface area contributed by atoms with Crippen LogP contribution < -0.4 is 9.79 Å². The van der Waals surface area contributed by atoms with E-state index in [-0.39, 0.29) is 38.5 Å². The number of aliphatic hydroxyl groups excluding tert-OH is 1. The van der Waals surface area contributed by atoms with E-state index in [4.69, 9.17) is 9.47 Å². The van der Waals surface area contributed by atoms with Gasteiger partial charge in [-0.2, -0.15) is 6.61 Å². The van der Waals surface area contributed by atoms with E-state index in [9.17, 15) is 19.5 Å². The molecule has 1 aliphatic rings. The van der Waals surface area contributed by atoms with E-state index in [0.717, 1.165) is 6.08 Å². The first-order valence-corrected chi connectivity index (χ1v) is 5.46. The summed E-state index contributed by atoms with van der Waals surface area (Å²) in [4.78, 5) is 20.5. The van der Waals surface area contributed by atoms with Crippen molar-refractivity contribution in [3.05, 3.63) is 18.5 Å². The zero-order valence-electron chi connectivity index (χ0n) is 7.90. The number of aliphatic hydroxyl groups is 1. The smallest absolute Gasteiger partial charge is 0.0811 e. The second-order valence-corrected chi connectivity index (χ2v) is 4.19. The molecule has 0 aromatic carbocycles. The molecule has 0 aromatic heterocycles. The Morgan fingerprint density at radius 3 is 2.50 bits per heavy atom. The quantitative estimate of drug-likeness (QED) is 0.415. The Morgan fingerprint density at radius 2 is 2.12 bits per heavy atom. The summed E-state index contributed by atoms with van der Waals surface area (Å²) < 4.78 is 19.9. The van der Waals surface area contributed by atoms with Crippen molar-refractivity contribution in [2.45, 2.75) is 25.7 Å². The van der Waals surface area contributed by atoms with Gasteiger partial charge >= 0.3 is 0 Å². The maximum absolute atomic E-state index is 10.3. The van der Waals surface area contributed by atoms with E-state index < -0.39 is 25.9 Å². The molecule has 1 heterocycles. The van der Waals surface area contributed by atoms with Crippen LogP contribution in [0.15, 0.2) is 11.9 Å². The molecule has 0 aliphatic carbocycles. The Morgan fingerprint density at radius 1 is 1.56 bits per heavy atom. The first-order chi connectivity index (χ1) is 6.44. The zero-order chi connectivity index (χ0) is 10.8. The van der Waals surface area contributed by atoms with Gasteiger partial charge in [-0.15, -0.1) is 0 Å². The van der Waals surface area contributed by atoms with Gasteiger partial charge in [-0.05, 0) is 13.7 Å². The predicted octanol–water partition coefficient (Wildman–Crippen LogP) is -1.01. The molecule has 0 aromatic rings. The molecule has 16 heavy (non-hydrogen) atoms. The number of hydrogen-bond donors (Lipinski definition) is 1. The van der Waals surface area contributed by atoms with Gasteiger partial charge < -0.3 is 28.9 Å². The third-order valence-corrected chi connectivity index (χ3v) is 2.31. The molecular formula is C8H14O6PU-3. The minimum atomic E-state index is -4.70. The SMILES string of the molecule is C.CO[C@@H]1[CH-]O[C@H](/C=C\P(=O)([O-])[O-])C1O.[U]. The molecule has 3 atom stereocenters. The van der Waals surface area contributed by atoms with E-state index >= 15 is 0 Å². The van der Waals surface area contributed by atoms with E-state index in [2.05, 4.69) is 0 Å². The molecule has 1 fully saturated rings. The summed E-state index contributed by atoms with van der Waals surface area (Å²) in [6, 6.07) is 0. The fraction of sp³-hybridized carbons (Fsp3) is 0.625. The van der Waals surface area contributed by atoms with Crippen LogP contribution in [0.3, 0.4) is 0 Å². The maximum Gasteiger partial charge on any atom is 0.0811 e. The van der Waals surface area contributed by atoms with Gasteiger partial charge in [0.15, 0.2) is 0 Å². The number of rotatable bonds is 3. The van der Waals surface area contributed by atoms with Gasteiger partial charge in [-0.1, -0.05) is 19.3 Å². The van der Waals surface area contributed by atoms with Crippen LogP contribution in [0.5, 0.6) is 0 Å². The van der Waals surface area contributed by atoms with Crippen molar-refractivity contribution >= 4 is 7.60 Å². The van der Waals surface area contributed by atoms with Gasteiger partial charge in [0.2, 0.25) is 0 Å². The van der Waals surface area contributed by atoms with Gasteiger partial charge in [0, 0.05) is 38.2 Å². The third kappa shape index (κ3) is 5.95. The van der Waals surface area contributed by atoms with Gasteiger partial charge in [0.05, 0.1) is 12.2 Å². The van der Waals surface area contributed by atoms with E-state index in [1.54, 1.807) is 0 Å². The fourth-order valence-electron chi connectivity index (χ4n) is 1.06. The Kier molecular flexibility index (Phi) is 9.60. The van der Waals surface area contributed by atoms with Crippen LogP contribution in [0, 0.1) is 37.7 Å². The molecule has 94 valence electrons. The van der Waals surface area contributed by atoms with Gasteiger partial charge in [-0.3, -0.25) is 0 Å². The summed E-state index contributed by atoms with van der Waals surface area (Å²) in [6.45, 7) is 1.25. The van der Waals surface area contributed by atoms with Crippen LogP contribution in [0.2, 0.25) is 0 Å². The maximum atomic E-state index is 10.3. The normalized spacial score (nSPS) is 29.9. The Labute approximate surface area is 119 Å². The molecule has 1 saturated heterocycles. The number of hydrogen-bond acceptors (Lipinski definition) is 6. The van der Waals surface area contributed by atoms with Crippen LogP contribution >= 0.6 is 7.60 Å². The molecule has 0 amide bonds. The van der Waals surface area contributed by atoms with Gasteiger partial charge in [-0.25, -0.2) is 0 Å². The summed E-state index contributed by atoms with van der Waals surface area (Å²) >= 11 is 0. The number of methoxy groups -OCH3 is 1. The van der Waals surface area contributed by atoms with E-state index in [1.807, 2.05) is 0 Å². The molecule has 0 radical (unpaired) electrons. The van der Waals surface area contributed by atoms with Crippen molar-refractivity contribution in [1.29, 1.82) is 0 Å². The summed E-state index contributed by atoms with van der Waals surface area (Å²) in [5.74, 6) is 0.479. The zero-order valence-corrected chi connectivity index (χ0v) is 13.0. The molecular weight excluding hydrogens is 461 g/mol. The molecule has 1 unspecified atom stereocenters. The van der Waals surface area contributed by atoms with Crippen molar-refractivity contribution in [3.63, 3.8) is 0 Å². The Bertz CT molecular complexity index is 265. The molecule has 8 heteroatoms. The molecule has 1 N–H and O–H groups in total. The first kappa shape index (κ1) is 19.2. The average molecular weight is 475 g/mol. The van der Waals surface area contributed by atoms with Crippen LogP contribution in [0.25, 0.3) is 0 Å². The largest absolute Gasteiger partial charge is 0.808 e. The second kappa shape index (κ2) is 8.02. The molecule has 0 saturated carbocycles. The minimum absolute atomic E-state index is 0. The van der Waals surface area contributed by atoms with Crippen molar-refractivity contribution in [1.82, 2.24) is 0 Å². The van der Waals surface area contributed by atoms with Gasteiger partial charge in [0.1, 0.15) is 0 Å². The molecule has 0 spiro atoms. The summed E-state index contributed by atoms with van der Waals surface area (Å²) in [5.41, 5.74) is 0. The standard InChI is InChI=1S/C7H12O6P.CH4.U/c1-12-6-4-13-5(7(6)8)2-3-14(9,10)11;;/h2-8H,1H3,(H2,9,10,11);1H4;/q-1;;/p-2/b3-2-;;/t5-,6-,7?;;/m1../s1. The van der Waals surface area contributed by atoms with Crippen molar-refractivity contribution < 1.29 is 60.0 Å². The Hall–Kier alpha value is 0.822. The molecule has 0 bridgehead atoms. The summed E-state index contributed by atoms with van der Waals surface area (Å²) in [6.07, 6.45) is -1.46. The van der Waals surface area contributed by atoms with E-state index in [0.29, 0.717) is 5.82 Å². The van der Waals surface area contributed by atoms with Crippen molar-refractivity contribution in [3.8, 4) is 0 Å². The molecule has 1 rings (SSSR count). The monoisotopic (exact) mass is 475 g/mol. The van der Waals surface area contributed by atoms with Crippen LogP contribution in [0.1, 0.15) is 7.43 Å². The van der Waals surface area contributed by atoms with Gasteiger partial charge in [0.25, 0.3) is 0 Å². The van der Waals surface area contributed by atoms with Crippen molar-refractivity contribution in [2.75, 3.05) is 7.11 Å². The number of ether oxygens (including phenoxy) is 2. The summed E-state index contributed by atoms with van der Waals surface area (Å²) in [7, 11) is -3.32. The second-order valence-electron chi connectivity index (χ2n) is 2.81. The van der Waals surface area contributed by atoms with E-state index in [1.165, 1.54) is 13.7 Å². The fourth-order valence-corrected chi connectivity index (χ4v) is 1.44. The van der Waals surface area contributed by atoms with Crippen LogP contribution in [-0.4, -0.2) is 30.5 Å². The topological polar surface area (TPSA) is 102 Å². The first-order valence-electron chi connectivity index (χ1n) is 3.85. The predicted molar refractivity (Wildman–Crippen MR) is 49.5 cm³/mol. The summed E-state index contributed by atoms with van der Waals surface area (Å²) in [5, 5.41) is 9.42. The van der Waals surface area contributed by atoms with Crippen LogP contribution in [0.4, 0.5) is 0 Å². The minimum Gasteiger partial charge on any atom is -0.808 e. The van der Waals surface area contributed by atoms with Crippen LogP contribution in [-0.2, 0) is 14.0 Å². The third-order valence-electron chi connectivity index (χ3n) is 1.77. The molecule has 6 nitrogen and oxygen atoms in total. The van der Waals surface area contributed by atoms with Crippen molar-refractivity contribution in [2.24, 2.45) is 0 Å². The molecule has 1 aliphatic heterocycles.